The summed E-state index contributed by atoms with van der Waals surface area (Å²) in [5, 5.41) is 16.7. The van der Waals surface area contributed by atoms with Gasteiger partial charge in [0, 0.05) is 19.0 Å². The SMILES string of the molecule is CCCC(CNC(=O)c1nn(C)c2ccccc12)C(=O)O. The van der Waals surface area contributed by atoms with Gasteiger partial charge in [-0.2, -0.15) is 5.10 Å². The molecule has 0 bridgehead atoms. The molecule has 1 aromatic heterocycles. The van der Waals surface area contributed by atoms with Crippen LogP contribution >= 0.6 is 0 Å². The number of hydrogen-bond donors (Lipinski definition) is 2. The van der Waals surface area contributed by atoms with Gasteiger partial charge in [-0.05, 0) is 12.5 Å². The fourth-order valence-corrected chi connectivity index (χ4v) is 2.34. The molecule has 0 spiro atoms. The van der Waals surface area contributed by atoms with Gasteiger partial charge in [-0.1, -0.05) is 31.5 Å². The molecule has 1 amide bonds. The molecule has 0 saturated heterocycles. The van der Waals surface area contributed by atoms with E-state index in [1.165, 1.54) is 0 Å². The number of amides is 1. The Labute approximate surface area is 122 Å². The maximum absolute atomic E-state index is 12.2. The molecule has 0 aliphatic heterocycles. The van der Waals surface area contributed by atoms with Crippen molar-refractivity contribution in [2.24, 2.45) is 13.0 Å². The molecule has 6 heteroatoms. The zero-order valence-corrected chi connectivity index (χ0v) is 12.2. The number of carboxylic acid groups (broad SMARTS) is 1. The van der Waals surface area contributed by atoms with E-state index in [4.69, 9.17) is 5.11 Å². The van der Waals surface area contributed by atoms with E-state index in [9.17, 15) is 9.59 Å². The Hall–Kier alpha value is -2.37. The maximum atomic E-state index is 12.2. The number of fused-ring (bicyclic) bond motifs is 1. The minimum absolute atomic E-state index is 0.118. The molecule has 1 unspecified atom stereocenters. The highest BCUT2D eigenvalue weighted by molar-refractivity contribution is 6.04. The lowest BCUT2D eigenvalue weighted by molar-refractivity contribution is -0.141. The molecule has 0 radical (unpaired) electrons. The van der Waals surface area contributed by atoms with Crippen LogP contribution in [0.5, 0.6) is 0 Å². The number of hydrogen-bond acceptors (Lipinski definition) is 3. The minimum atomic E-state index is -0.886. The smallest absolute Gasteiger partial charge is 0.308 e. The molecule has 2 rings (SSSR count). The van der Waals surface area contributed by atoms with Crippen LogP contribution in [0.2, 0.25) is 0 Å². The zero-order valence-electron chi connectivity index (χ0n) is 12.2. The fraction of sp³-hybridized carbons (Fsp3) is 0.400. The van der Waals surface area contributed by atoms with Crippen molar-refractivity contribution in [3.8, 4) is 0 Å². The largest absolute Gasteiger partial charge is 0.481 e. The van der Waals surface area contributed by atoms with Crippen molar-refractivity contribution in [2.75, 3.05) is 6.54 Å². The molecule has 2 N–H and O–H groups in total. The van der Waals surface area contributed by atoms with Gasteiger partial charge in [-0.3, -0.25) is 14.3 Å². The van der Waals surface area contributed by atoms with E-state index in [2.05, 4.69) is 10.4 Å². The van der Waals surface area contributed by atoms with Crippen LogP contribution in [0.4, 0.5) is 0 Å². The van der Waals surface area contributed by atoms with Crippen molar-refractivity contribution in [1.29, 1.82) is 0 Å². The van der Waals surface area contributed by atoms with Gasteiger partial charge in [-0.15, -0.1) is 0 Å². The summed E-state index contributed by atoms with van der Waals surface area (Å²) in [4.78, 5) is 23.3. The summed E-state index contributed by atoms with van der Waals surface area (Å²) in [6, 6.07) is 7.44. The molecule has 1 atom stereocenters. The summed E-state index contributed by atoms with van der Waals surface area (Å²) in [7, 11) is 1.77. The van der Waals surface area contributed by atoms with Crippen molar-refractivity contribution >= 4 is 22.8 Å². The Bertz CT molecular complexity index is 663. The third kappa shape index (κ3) is 3.21. The van der Waals surface area contributed by atoms with Gasteiger partial charge < -0.3 is 10.4 Å². The average molecular weight is 289 g/mol. The lowest BCUT2D eigenvalue weighted by Crippen LogP contribution is -2.33. The fourth-order valence-electron chi connectivity index (χ4n) is 2.34. The molecule has 1 heterocycles. The Morgan fingerprint density at radius 3 is 2.76 bits per heavy atom. The summed E-state index contributed by atoms with van der Waals surface area (Å²) in [5.41, 5.74) is 1.19. The van der Waals surface area contributed by atoms with E-state index < -0.39 is 11.9 Å². The molecule has 1 aromatic carbocycles. The highest BCUT2D eigenvalue weighted by atomic mass is 16.4. The molecular formula is C15H19N3O3. The first-order valence-electron chi connectivity index (χ1n) is 6.97. The topological polar surface area (TPSA) is 84.2 Å². The second-order valence-electron chi connectivity index (χ2n) is 5.02. The first-order valence-corrected chi connectivity index (χ1v) is 6.97. The van der Waals surface area contributed by atoms with E-state index in [0.29, 0.717) is 12.1 Å². The number of carbonyl (C=O) groups is 2. The van der Waals surface area contributed by atoms with Crippen LogP contribution in [0.3, 0.4) is 0 Å². The normalized spacial score (nSPS) is 12.3. The van der Waals surface area contributed by atoms with Gasteiger partial charge in [0.25, 0.3) is 5.91 Å². The second kappa shape index (κ2) is 6.39. The summed E-state index contributed by atoms with van der Waals surface area (Å²) >= 11 is 0. The van der Waals surface area contributed by atoms with Gasteiger partial charge in [0.1, 0.15) is 0 Å². The Balaban J connectivity index is 2.14. The number of rotatable bonds is 6. The number of carboxylic acids is 1. The summed E-state index contributed by atoms with van der Waals surface area (Å²) in [5.74, 6) is -1.79. The van der Waals surface area contributed by atoms with E-state index >= 15 is 0 Å². The number of aliphatic carboxylic acids is 1. The van der Waals surface area contributed by atoms with Gasteiger partial charge in [0.05, 0.1) is 11.4 Å². The van der Waals surface area contributed by atoms with E-state index in [-0.39, 0.29) is 12.5 Å². The molecule has 21 heavy (non-hydrogen) atoms. The van der Waals surface area contributed by atoms with Crippen LogP contribution in [0, 0.1) is 5.92 Å². The summed E-state index contributed by atoms with van der Waals surface area (Å²) in [6.07, 6.45) is 1.30. The summed E-state index contributed by atoms with van der Waals surface area (Å²) in [6.45, 7) is 2.04. The van der Waals surface area contributed by atoms with Crippen molar-refractivity contribution in [2.45, 2.75) is 19.8 Å². The van der Waals surface area contributed by atoms with E-state index in [1.54, 1.807) is 11.7 Å². The lowest BCUT2D eigenvalue weighted by atomic mass is 10.0. The quantitative estimate of drug-likeness (QED) is 0.849. The molecule has 2 aromatic rings. The second-order valence-corrected chi connectivity index (χ2v) is 5.02. The Morgan fingerprint density at radius 1 is 1.38 bits per heavy atom. The highest BCUT2D eigenvalue weighted by Gasteiger charge is 2.20. The average Bonchev–Trinajstić information content (AvgIpc) is 2.81. The maximum Gasteiger partial charge on any atom is 0.308 e. The standard InChI is InChI=1S/C15H19N3O3/c1-3-6-10(15(20)21)9-16-14(19)13-11-7-4-5-8-12(11)18(2)17-13/h4-5,7-8,10H,3,6,9H2,1-2H3,(H,16,19)(H,20,21). The van der Waals surface area contributed by atoms with Crippen LogP contribution < -0.4 is 5.32 Å². The number of para-hydroxylation sites is 1. The first kappa shape index (κ1) is 15.0. The molecule has 0 saturated carbocycles. The van der Waals surface area contributed by atoms with Crippen molar-refractivity contribution < 1.29 is 14.7 Å². The highest BCUT2D eigenvalue weighted by Crippen LogP contribution is 2.17. The van der Waals surface area contributed by atoms with Gasteiger partial charge >= 0.3 is 5.97 Å². The molecule has 0 aliphatic carbocycles. The number of nitrogens with one attached hydrogen (secondary N) is 1. The third-order valence-corrected chi connectivity index (χ3v) is 3.47. The number of aryl methyl sites for hydroxylation is 1. The molecule has 6 nitrogen and oxygen atoms in total. The van der Waals surface area contributed by atoms with Gasteiger partial charge in [0.15, 0.2) is 5.69 Å². The van der Waals surface area contributed by atoms with Crippen molar-refractivity contribution in [3.63, 3.8) is 0 Å². The van der Waals surface area contributed by atoms with E-state index in [1.807, 2.05) is 31.2 Å². The van der Waals surface area contributed by atoms with Crippen molar-refractivity contribution in [1.82, 2.24) is 15.1 Å². The van der Waals surface area contributed by atoms with Crippen LogP contribution in [0.15, 0.2) is 24.3 Å². The lowest BCUT2D eigenvalue weighted by Gasteiger charge is -2.11. The van der Waals surface area contributed by atoms with Crippen LogP contribution in [-0.4, -0.2) is 33.3 Å². The molecule has 0 aliphatic rings. The zero-order chi connectivity index (χ0) is 15.4. The first-order chi connectivity index (χ1) is 10.0. The van der Waals surface area contributed by atoms with Crippen LogP contribution in [0.25, 0.3) is 10.9 Å². The summed E-state index contributed by atoms with van der Waals surface area (Å²) < 4.78 is 1.64. The Kier molecular flexibility index (Phi) is 4.57. The van der Waals surface area contributed by atoms with Gasteiger partial charge in [-0.25, -0.2) is 0 Å². The number of nitrogens with zero attached hydrogens (tertiary/aromatic N) is 2. The molecular weight excluding hydrogens is 270 g/mol. The van der Waals surface area contributed by atoms with Crippen LogP contribution in [-0.2, 0) is 11.8 Å². The van der Waals surface area contributed by atoms with Crippen LogP contribution in [0.1, 0.15) is 30.3 Å². The predicted octanol–water partition coefficient (Wildman–Crippen LogP) is 1.80. The number of benzene rings is 1. The molecule has 0 fully saturated rings. The van der Waals surface area contributed by atoms with Gasteiger partial charge in [0.2, 0.25) is 0 Å². The van der Waals surface area contributed by atoms with E-state index in [0.717, 1.165) is 17.3 Å². The number of aromatic nitrogens is 2. The minimum Gasteiger partial charge on any atom is -0.481 e. The number of carbonyl (C=O) groups excluding carboxylic acids is 1. The Morgan fingerprint density at radius 2 is 2.10 bits per heavy atom. The molecule has 112 valence electrons. The third-order valence-electron chi connectivity index (χ3n) is 3.47. The monoisotopic (exact) mass is 289 g/mol. The predicted molar refractivity (Wildman–Crippen MR) is 79.1 cm³/mol. The van der Waals surface area contributed by atoms with Crippen molar-refractivity contribution in [3.05, 3.63) is 30.0 Å².